The second-order valence-electron chi connectivity index (χ2n) is 24.5. The van der Waals surface area contributed by atoms with E-state index in [1.807, 2.05) is 44.6 Å². The highest BCUT2D eigenvalue weighted by Gasteiger charge is 2.63. The summed E-state index contributed by atoms with van der Waals surface area (Å²) in [6.07, 6.45) is 19.8. The molecule has 2 fully saturated rings. The van der Waals surface area contributed by atoms with Crippen LogP contribution < -0.4 is 4.74 Å². The molecule has 0 saturated carbocycles. The Hall–Kier alpha value is -2.20. The molecule has 0 aliphatic carbocycles. The lowest BCUT2D eigenvalue weighted by Gasteiger charge is -2.58. The van der Waals surface area contributed by atoms with Crippen molar-refractivity contribution < 1.29 is 41.8 Å². The number of rotatable bonds is 27. The average Bonchev–Trinajstić information content (AvgIpc) is 3.30. The van der Waals surface area contributed by atoms with Gasteiger partial charge in [0.05, 0.1) is 43.7 Å². The zero-order valence-electron chi connectivity index (χ0n) is 48.7. The zero-order chi connectivity index (χ0) is 53.5. The van der Waals surface area contributed by atoms with Crippen LogP contribution in [-0.4, -0.2) is 87.7 Å². The Bertz CT molecular complexity index is 1790. The van der Waals surface area contributed by atoms with Crippen LogP contribution in [0.25, 0.3) is 0 Å². The monoisotopic (exact) mass is 1020 g/mol. The lowest BCUT2D eigenvalue weighted by molar-refractivity contribution is -0.280. The van der Waals surface area contributed by atoms with Crippen LogP contribution in [0.15, 0.2) is 72.4 Å². The molecule has 9 nitrogen and oxygen atoms in total. The minimum absolute atomic E-state index is 0.000193. The molecular weight excluding hydrogens is 921 g/mol. The fraction of sp³-hybridized carbons (Fsp3) is 0.750. The fourth-order valence-electron chi connectivity index (χ4n) is 12.2. The second kappa shape index (κ2) is 28.6. The summed E-state index contributed by atoms with van der Waals surface area (Å²) in [5, 5.41) is -0.262. The predicted molar refractivity (Wildman–Crippen MR) is 300 cm³/mol. The van der Waals surface area contributed by atoms with Crippen molar-refractivity contribution in [2.75, 3.05) is 27.9 Å². The molecule has 12 atom stereocenters. The lowest BCUT2D eigenvalue weighted by atomic mass is 9.83. The molecule has 1 aromatic carbocycles. The minimum Gasteiger partial charge on any atom is -0.497 e. The van der Waals surface area contributed by atoms with Crippen LogP contribution in [0.4, 0.5) is 0 Å². The van der Waals surface area contributed by atoms with Gasteiger partial charge in [-0.3, -0.25) is 4.79 Å². The molecule has 71 heavy (non-hydrogen) atoms. The highest BCUT2D eigenvalue weighted by Crippen LogP contribution is 2.57. The zero-order valence-corrected chi connectivity index (χ0v) is 50.7. The van der Waals surface area contributed by atoms with E-state index in [-0.39, 0.29) is 70.4 Å². The first-order valence-electron chi connectivity index (χ1n) is 27.3. The highest BCUT2D eigenvalue weighted by molar-refractivity contribution is 6.77. The van der Waals surface area contributed by atoms with Gasteiger partial charge in [0, 0.05) is 54.2 Å². The number of ether oxygens (including phenoxy) is 5. The predicted octanol–water partition coefficient (Wildman–Crippen LogP) is 15.9. The number of aldehydes is 1. The summed E-state index contributed by atoms with van der Waals surface area (Å²) in [4.78, 5) is 10.8. The molecule has 0 bridgehead atoms. The van der Waals surface area contributed by atoms with Crippen molar-refractivity contribution in [2.45, 2.75) is 233 Å². The SMILES string of the molecule is COc1ccc([C@@H]2O[C@H]([C@H](C)CC[C@H](OC)/C(C)=C/C[C@@H](C)C[C@H](/C=C/C[C@@H]3O[Si](C(C)(C)C)(C(C)(C)C)O[C@@H]([C@@H](C)CO[Si](C(C)C)(C(C)C)C(C)C)[C@@H]3C)OC)[C@H](C)[C@@H](C/C=C/C=C/C=O)O2)cc1. The molecule has 0 spiro atoms. The van der Waals surface area contributed by atoms with Gasteiger partial charge in [-0.2, -0.15) is 0 Å². The van der Waals surface area contributed by atoms with Crippen molar-refractivity contribution in [3.05, 3.63) is 77.9 Å². The number of methoxy groups -OCH3 is 3. The van der Waals surface area contributed by atoms with Gasteiger partial charge in [-0.1, -0.05) is 166 Å². The van der Waals surface area contributed by atoms with E-state index in [1.165, 1.54) is 11.6 Å². The first kappa shape index (κ1) is 63.1. The summed E-state index contributed by atoms with van der Waals surface area (Å²) in [6, 6.07) is 7.92. The van der Waals surface area contributed by atoms with Gasteiger partial charge in [0.25, 0.3) is 0 Å². The van der Waals surface area contributed by atoms with Gasteiger partial charge < -0.3 is 37.0 Å². The molecule has 2 aliphatic heterocycles. The van der Waals surface area contributed by atoms with Crippen LogP contribution in [0.1, 0.15) is 175 Å². The third-order valence-corrected chi connectivity index (χ3v) is 27.4. The summed E-state index contributed by atoms with van der Waals surface area (Å²) < 4.78 is 53.2. The molecule has 3 rings (SSSR count). The Kier molecular flexibility index (Phi) is 25.4. The average molecular weight is 1030 g/mol. The molecule has 2 saturated heterocycles. The van der Waals surface area contributed by atoms with Crippen LogP contribution in [0.5, 0.6) is 5.75 Å². The maximum atomic E-state index is 10.8. The van der Waals surface area contributed by atoms with E-state index >= 15 is 0 Å². The van der Waals surface area contributed by atoms with Crippen LogP contribution >= 0.6 is 0 Å². The summed E-state index contributed by atoms with van der Waals surface area (Å²) in [5.41, 5.74) is 3.83. The summed E-state index contributed by atoms with van der Waals surface area (Å²) in [5.74, 6) is 2.06. The second-order valence-corrected chi connectivity index (χ2v) is 34.7. The van der Waals surface area contributed by atoms with Gasteiger partial charge in [0.15, 0.2) is 14.6 Å². The maximum Gasteiger partial charge on any atom is 0.349 e. The van der Waals surface area contributed by atoms with Crippen molar-refractivity contribution in [3.63, 3.8) is 0 Å². The largest absolute Gasteiger partial charge is 0.497 e. The van der Waals surface area contributed by atoms with Crippen LogP contribution in [0.3, 0.4) is 0 Å². The third-order valence-electron chi connectivity index (χ3n) is 16.2. The van der Waals surface area contributed by atoms with E-state index in [1.54, 1.807) is 13.2 Å². The van der Waals surface area contributed by atoms with Gasteiger partial charge in [-0.05, 0) is 97.7 Å². The van der Waals surface area contributed by atoms with E-state index in [4.69, 9.17) is 37.0 Å². The molecule has 0 amide bonds. The van der Waals surface area contributed by atoms with Crippen LogP contribution in [-0.2, 0) is 37.0 Å². The molecule has 2 aliphatic rings. The Balaban J connectivity index is 1.70. The van der Waals surface area contributed by atoms with Crippen molar-refractivity contribution in [2.24, 2.45) is 29.6 Å². The quantitative estimate of drug-likeness (QED) is 0.0281. The van der Waals surface area contributed by atoms with Gasteiger partial charge in [0.2, 0.25) is 0 Å². The highest BCUT2D eigenvalue weighted by atomic mass is 28.4. The number of carbonyl (C=O) groups excluding carboxylic acids is 1. The molecular formula is C60H104O9Si2. The molecule has 0 unspecified atom stereocenters. The molecule has 1 aromatic rings. The molecule has 0 aromatic heterocycles. The van der Waals surface area contributed by atoms with E-state index in [0.717, 1.165) is 62.7 Å². The topological polar surface area (TPSA) is 90.9 Å². The van der Waals surface area contributed by atoms with Gasteiger partial charge in [0.1, 0.15) is 12.0 Å². The van der Waals surface area contributed by atoms with Crippen LogP contribution in [0, 0.1) is 29.6 Å². The number of carbonyl (C=O) groups is 1. The molecule has 0 radical (unpaired) electrons. The number of benzene rings is 1. The van der Waals surface area contributed by atoms with Gasteiger partial charge in [-0.15, -0.1) is 0 Å². The van der Waals surface area contributed by atoms with Crippen LogP contribution in [0.2, 0.25) is 26.7 Å². The first-order valence-corrected chi connectivity index (χ1v) is 31.3. The van der Waals surface area contributed by atoms with Gasteiger partial charge >= 0.3 is 8.56 Å². The number of allylic oxidation sites excluding steroid dienone is 4. The maximum absolute atomic E-state index is 10.8. The van der Waals surface area contributed by atoms with Crippen molar-refractivity contribution >= 4 is 23.2 Å². The number of hydrogen-bond acceptors (Lipinski definition) is 9. The van der Waals surface area contributed by atoms with E-state index < -0.39 is 23.2 Å². The fourth-order valence-corrected chi connectivity index (χ4v) is 23.1. The van der Waals surface area contributed by atoms with E-state index in [9.17, 15) is 4.79 Å². The molecule has 2 heterocycles. The smallest absolute Gasteiger partial charge is 0.349 e. The van der Waals surface area contributed by atoms with Crippen molar-refractivity contribution in [1.82, 2.24) is 0 Å². The Morgan fingerprint density at radius 3 is 1.85 bits per heavy atom. The van der Waals surface area contributed by atoms with E-state index in [0.29, 0.717) is 22.5 Å². The summed E-state index contributed by atoms with van der Waals surface area (Å²) >= 11 is 0. The summed E-state index contributed by atoms with van der Waals surface area (Å²) in [7, 11) is 0.473. The molecule has 406 valence electrons. The number of hydrogen-bond donors (Lipinski definition) is 0. The van der Waals surface area contributed by atoms with Gasteiger partial charge in [-0.25, -0.2) is 0 Å². The first-order chi connectivity index (χ1) is 33.2. The third kappa shape index (κ3) is 16.6. The van der Waals surface area contributed by atoms with Crippen molar-refractivity contribution in [1.29, 1.82) is 0 Å². The van der Waals surface area contributed by atoms with Crippen molar-refractivity contribution in [3.8, 4) is 5.75 Å². The normalized spacial score (nSPS) is 26.2. The van der Waals surface area contributed by atoms with E-state index in [2.05, 4.69) is 149 Å². The Labute approximate surface area is 437 Å². The molecule has 0 N–H and O–H groups in total. The molecule has 11 heteroatoms. The minimum atomic E-state index is -2.81. The lowest BCUT2D eigenvalue weighted by Crippen LogP contribution is -2.67. The Morgan fingerprint density at radius 1 is 0.718 bits per heavy atom. The summed E-state index contributed by atoms with van der Waals surface area (Å²) in [6.45, 7) is 42.6. The standard InChI is InChI=1S/C60H104O9Si2/c1-41(2)70(42(3)4,43(5)6)65-40-47(10)57-49(12)55(68-71(69-57,59(13,14)15)60(16,17)18)29-26-27-52(63-20)39-44(7)30-31-45(8)53(64-21)37-32-46(9)56-48(11)54(28-24-22-23-25-38-61)66-58(67-56)50-33-35-51(62-19)36-34-50/h22-27,31,33-36,38,41-44,46-49,52-58H,28-30,32,37,39-40H2,1-21H3/b24-22+,25-23+,27-26+,45-31+/t44-,46-,47+,48-,49-,52+,53+,54-,55+,56-,57+,58+/m1/s1. The Morgan fingerprint density at radius 2 is 1.31 bits per heavy atom.